The Morgan fingerprint density at radius 3 is 3.00 bits per heavy atom. The van der Waals surface area contributed by atoms with Crippen LogP contribution < -0.4 is 0 Å². The van der Waals surface area contributed by atoms with E-state index in [2.05, 4.69) is 4.74 Å². The van der Waals surface area contributed by atoms with Gasteiger partial charge < -0.3 is 4.74 Å². The summed E-state index contributed by atoms with van der Waals surface area (Å²) in [6.07, 6.45) is 4.99. The number of hydrogen-bond acceptors (Lipinski definition) is 4. The Balaban J connectivity index is 2.20. The zero-order valence-corrected chi connectivity index (χ0v) is 9.80. The lowest BCUT2D eigenvalue weighted by molar-refractivity contribution is -0.134. The van der Waals surface area contributed by atoms with Crippen LogP contribution >= 0.6 is 11.3 Å². The molecule has 3 nitrogen and oxygen atoms in total. The van der Waals surface area contributed by atoms with Crippen LogP contribution in [0.4, 0.5) is 0 Å². The van der Waals surface area contributed by atoms with Crippen LogP contribution in [0.3, 0.4) is 0 Å². The average molecular weight is 236 g/mol. The van der Waals surface area contributed by atoms with Crippen molar-refractivity contribution < 1.29 is 14.3 Å². The van der Waals surface area contributed by atoms with Gasteiger partial charge in [0.1, 0.15) is 0 Å². The number of ether oxygens (including phenoxy) is 1. The first-order valence-electron chi connectivity index (χ1n) is 5.07. The molecular formula is C12H12O3S. The van der Waals surface area contributed by atoms with Gasteiger partial charge in [0.15, 0.2) is 6.29 Å². The van der Waals surface area contributed by atoms with Gasteiger partial charge >= 0.3 is 5.97 Å². The molecule has 4 heteroatoms. The predicted molar refractivity (Wildman–Crippen MR) is 61.8 cm³/mol. The van der Waals surface area contributed by atoms with Crippen LogP contribution in [0.5, 0.6) is 0 Å². The lowest BCUT2D eigenvalue weighted by Gasteiger charge is -2.13. The van der Waals surface area contributed by atoms with Crippen LogP contribution in [-0.2, 0) is 22.4 Å². The van der Waals surface area contributed by atoms with Gasteiger partial charge in [-0.15, -0.1) is 11.3 Å². The fourth-order valence-corrected chi connectivity index (χ4v) is 2.86. The van der Waals surface area contributed by atoms with Gasteiger partial charge in [0, 0.05) is 11.0 Å². The minimum absolute atomic E-state index is 0.302. The zero-order chi connectivity index (χ0) is 11.5. The molecule has 0 saturated heterocycles. The monoisotopic (exact) mass is 236 g/mol. The maximum absolute atomic E-state index is 11.1. The minimum Gasteiger partial charge on any atom is -0.466 e. The fraction of sp³-hybridized carbons (Fsp3) is 0.333. The Morgan fingerprint density at radius 1 is 1.50 bits per heavy atom. The molecule has 0 atom stereocenters. The highest BCUT2D eigenvalue weighted by Crippen LogP contribution is 2.31. The second-order valence-electron chi connectivity index (χ2n) is 3.72. The molecule has 0 fully saturated rings. The number of aryl methyl sites for hydroxylation is 1. The molecule has 0 unspecified atom stereocenters. The molecule has 16 heavy (non-hydrogen) atoms. The summed E-state index contributed by atoms with van der Waals surface area (Å²) in [6.45, 7) is 0. The van der Waals surface area contributed by atoms with Crippen LogP contribution in [-0.4, -0.2) is 19.4 Å². The summed E-state index contributed by atoms with van der Waals surface area (Å²) < 4.78 is 4.60. The van der Waals surface area contributed by atoms with Crippen molar-refractivity contribution in [2.45, 2.75) is 19.3 Å². The Kier molecular flexibility index (Phi) is 3.19. The number of methoxy groups -OCH3 is 1. The predicted octanol–water partition coefficient (Wildman–Crippen LogP) is 2.15. The molecule has 1 aliphatic rings. The van der Waals surface area contributed by atoms with E-state index in [1.165, 1.54) is 17.6 Å². The molecule has 1 aromatic rings. The van der Waals surface area contributed by atoms with Gasteiger partial charge in [-0.2, -0.15) is 0 Å². The van der Waals surface area contributed by atoms with Gasteiger partial charge in [-0.1, -0.05) is 5.57 Å². The highest BCUT2D eigenvalue weighted by Gasteiger charge is 2.17. The zero-order valence-electron chi connectivity index (χ0n) is 8.99. The van der Waals surface area contributed by atoms with E-state index in [1.54, 1.807) is 17.4 Å². The van der Waals surface area contributed by atoms with Crippen molar-refractivity contribution in [2.24, 2.45) is 0 Å². The minimum atomic E-state index is -0.302. The molecular weight excluding hydrogens is 224 g/mol. The fourth-order valence-electron chi connectivity index (χ4n) is 1.86. The van der Waals surface area contributed by atoms with E-state index in [9.17, 15) is 9.59 Å². The van der Waals surface area contributed by atoms with Crippen molar-refractivity contribution in [3.05, 3.63) is 33.0 Å². The second kappa shape index (κ2) is 4.61. The van der Waals surface area contributed by atoms with Crippen LogP contribution in [0, 0.1) is 0 Å². The molecule has 0 amide bonds. The number of thiophene rings is 1. The van der Waals surface area contributed by atoms with E-state index in [1.807, 2.05) is 6.07 Å². The standard InChI is InChI=1S/C12H12O3S/c1-15-12(14)5-8-2-3-11-9(4-8)6-10(7-13)16-11/h5-7H,2-4H2,1H3. The number of esters is 1. The van der Waals surface area contributed by atoms with Crippen LogP contribution in [0.25, 0.3) is 0 Å². The van der Waals surface area contributed by atoms with Gasteiger partial charge in [0.2, 0.25) is 0 Å². The summed E-state index contributed by atoms with van der Waals surface area (Å²) in [4.78, 5) is 23.8. The normalized spacial score (nSPS) is 16.9. The molecule has 0 spiro atoms. The third-order valence-electron chi connectivity index (χ3n) is 2.65. The molecule has 0 bridgehead atoms. The SMILES string of the molecule is COC(=O)C=C1CCc2sc(C=O)cc2C1. The largest absolute Gasteiger partial charge is 0.466 e. The van der Waals surface area contributed by atoms with E-state index < -0.39 is 0 Å². The summed E-state index contributed by atoms with van der Waals surface area (Å²) in [6, 6.07) is 1.91. The Labute approximate surface area is 97.7 Å². The summed E-state index contributed by atoms with van der Waals surface area (Å²) in [5.41, 5.74) is 2.25. The van der Waals surface area contributed by atoms with E-state index in [4.69, 9.17) is 0 Å². The Bertz CT molecular complexity index is 457. The van der Waals surface area contributed by atoms with Crippen molar-refractivity contribution in [3.63, 3.8) is 0 Å². The molecule has 0 aromatic carbocycles. The molecule has 2 rings (SSSR count). The lowest BCUT2D eigenvalue weighted by atomic mass is 9.93. The number of fused-ring (bicyclic) bond motifs is 1. The molecule has 0 saturated carbocycles. The molecule has 0 N–H and O–H groups in total. The highest BCUT2D eigenvalue weighted by molar-refractivity contribution is 7.13. The lowest BCUT2D eigenvalue weighted by Crippen LogP contribution is -2.05. The average Bonchev–Trinajstić information content (AvgIpc) is 2.71. The smallest absolute Gasteiger partial charge is 0.330 e. The van der Waals surface area contributed by atoms with E-state index in [0.29, 0.717) is 0 Å². The van der Waals surface area contributed by atoms with Gasteiger partial charge in [-0.3, -0.25) is 4.79 Å². The Morgan fingerprint density at radius 2 is 2.31 bits per heavy atom. The van der Waals surface area contributed by atoms with E-state index >= 15 is 0 Å². The first-order chi connectivity index (χ1) is 7.72. The topological polar surface area (TPSA) is 43.4 Å². The maximum Gasteiger partial charge on any atom is 0.330 e. The van der Waals surface area contributed by atoms with Gasteiger partial charge in [0.05, 0.1) is 12.0 Å². The summed E-state index contributed by atoms with van der Waals surface area (Å²) in [5, 5.41) is 0. The van der Waals surface area contributed by atoms with Crippen molar-refractivity contribution in [1.82, 2.24) is 0 Å². The second-order valence-corrected chi connectivity index (χ2v) is 4.89. The van der Waals surface area contributed by atoms with Gasteiger partial charge in [-0.05, 0) is 30.9 Å². The van der Waals surface area contributed by atoms with Crippen molar-refractivity contribution >= 4 is 23.6 Å². The van der Waals surface area contributed by atoms with Crippen molar-refractivity contribution in [2.75, 3.05) is 7.11 Å². The number of carbonyl (C=O) groups is 2. The number of allylic oxidation sites excluding steroid dienone is 1. The third kappa shape index (κ3) is 2.22. The van der Waals surface area contributed by atoms with E-state index in [-0.39, 0.29) is 5.97 Å². The van der Waals surface area contributed by atoms with Crippen LogP contribution in [0.1, 0.15) is 26.5 Å². The summed E-state index contributed by atoms with van der Waals surface area (Å²) >= 11 is 1.55. The van der Waals surface area contributed by atoms with Crippen LogP contribution in [0.15, 0.2) is 17.7 Å². The van der Waals surface area contributed by atoms with Crippen molar-refractivity contribution in [1.29, 1.82) is 0 Å². The summed E-state index contributed by atoms with van der Waals surface area (Å²) in [5.74, 6) is -0.302. The molecule has 84 valence electrons. The molecule has 1 aromatic heterocycles. The molecule has 0 radical (unpaired) electrons. The molecule has 1 heterocycles. The third-order valence-corrected chi connectivity index (χ3v) is 3.81. The first-order valence-corrected chi connectivity index (χ1v) is 5.88. The number of aldehydes is 1. The molecule has 0 aliphatic heterocycles. The number of hydrogen-bond donors (Lipinski definition) is 0. The number of rotatable bonds is 2. The van der Waals surface area contributed by atoms with Crippen LogP contribution in [0.2, 0.25) is 0 Å². The summed E-state index contributed by atoms with van der Waals surface area (Å²) in [7, 11) is 1.38. The van der Waals surface area contributed by atoms with Gasteiger partial charge in [-0.25, -0.2) is 4.79 Å². The first kappa shape index (κ1) is 11.1. The number of carbonyl (C=O) groups excluding carboxylic acids is 2. The van der Waals surface area contributed by atoms with Gasteiger partial charge in [0.25, 0.3) is 0 Å². The maximum atomic E-state index is 11.1. The van der Waals surface area contributed by atoms with E-state index in [0.717, 1.165) is 36.0 Å². The quantitative estimate of drug-likeness (QED) is 0.449. The Hall–Kier alpha value is -1.42. The molecule has 1 aliphatic carbocycles. The highest BCUT2D eigenvalue weighted by atomic mass is 32.1. The van der Waals surface area contributed by atoms with Crippen molar-refractivity contribution in [3.8, 4) is 0 Å².